The van der Waals surface area contributed by atoms with Gasteiger partial charge < -0.3 is 14.7 Å². The number of carbonyl (C=O) groups excluding carboxylic acids is 2. The molecule has 0 unspecified atom stereocenters. The number of nitrogens with one attached hydrogen (secondary N) is 1. The molecule has 1 aliphatic heterocycles. The highest BCUT2D eigenvalue weighted by Crippen LogP contribution is 2.36. The average Bonchev–Trinajstić information content (AvgIpc) is 3.22. The van der Waals surface area contributed by atoms with Crippen molar-refractivity contribution >= 4 is 34.8 Å². The maximum atomic E-state index is 13.4. The summed E-state index contributed by atoms with van der Waals surface area (Å²) in [6, 6.07) is 19.7. The standard InChI is InChI=1S/C26H20ClN3O3/c1-16-14-19(27)8-11-21(16)25(31)29-20-9-6-17(7-10-20)26(32)30-13-12-18-15-28-33-24(18)22-4-2-3-5-23(22)30/h2-11,14-15H,12-13H2,1H3,(H,29,31). The molecule has 3 aromatic carbocycles. The van der Waals surface area contributed by atoms with Crippen molar-refractivity contribution in [1.29, 1.82) is 0 Å². The molecule has 0 radical (unpaired) electrons. The van der Waals surface area contributed by atoms with Gasteiger partial charge in [0, 0.05) is 39.5 Å². The van der Waals surface area contributed by atoms with Crippen LogP contribution in [0.25, 0.3) is 11.3 Å². The molecule has 2 heterocycles. The van der Waals surface area contributed by atoms with Crippen LogP contribution >= 0.6 is 11.6 Å². The van der Waals surface area contributed by atoms with Gasteiger partial charge in [-0.1, -0.05) is 28.9 Å². The summed E-state index contributed by atoms with van der Waals surface area (Å²) in [6.45, 7) is 2.35. The van der Waals surface area contributed by atoms with Gasteiger partial charge in [-0.2, -0.15) is 0 Å². The van der Waals surface area contributed by atoms with Gasteiger partial charge in [-0.05, 0) is 73.5 Å². The minimum atomic E-state index is -0.230. The Hall–Kier alpha value is -3.90. The van der Waals surface area contributed by atoms with Gasteiger partial charge in [0.2, 0.25) is 0 Å². The van der Waals surface area contributed by atoms with Crippen molar-refractivity contribution in [3.63, 3.8) is 0 Å². The van der Waals surface area contributed by atoms with Gasteiger partial charge in [-0.15, -0.1) is 0 Å². The summed E-state index contributed by atoms with van der Waals surface area (Å²) >= 11 is 5.98. The van der Waals surface area contributed by atoms with Crippen molar-refractivity contribution in [2.45, 2.75) is 13.3 Å². The van der Waals surface area contributed by atoms with Gasteiger partial charge in [-0.3, -0.25) is 9.59 Å². The van der Waals surface area contributed by atoms with E-state index in [1.807, 2.05) is 31.2 Å². The largest absolute Gasteiger partial charge is 0.356 e. The zero-order valence-corrected chi connectivity index (χ0v) is 18.6. The molecule has 33 heavy (non-hydrogen) atoms. The lowest BCUT2D eigenvalue weighted by Crippen LogP contribution is -2.32. The summed E-state index contributed by atoms with van der Waals surface area (Å²) < 4.78 is 5.46. The molecule has 0 saturated carbocycles. The van der Waals surface area contributed by atoms with Gasteiger partial charge in [-0.25, -0.2) is 0 Å². The molecule has 0 bridgehead atoms. The maximum Gasteiger partial charge on any atom is 0.258 e. The van der Waals surface area contributed by atoms with Gasteiger partial charge in [0.05, 0.1) is 11.9 Å². The highest BCUT2D eigenvalue weighted by Gasteiger charge is 2.27. The topological polar surface area (TPSA) is 75.4 Å². The van der Waals surface area contributed by atoms with E-state index >= 15 is 0 Å². The molecule has 0 aliphatic carbocycles. The number of aromatic nitrogens is 1. The third-order valence-electron chi connectivity index (χ3n) is 5.76. The van der Waals surface area contributed by atoms with E-state index in [-0.39, 0.29) is 11.8 Å². The lowest BCUT2D eigenvalue weighted by atomic mass is 10.1. The van der Waals surface area contributed by atoms with Crippen molar-refractivity contribution in [1.82, 2.24) is 5.16 Å². The Kier molecular flexibility index (Phi) is 5.44. The molecule has 2 amide bonds. The van der Waals surface area contributed by atoms with Crippen molar-refractivity contribution in [2.75, 3.05) is 16.8 Å². The summed E-state index contributed by atoms with van der Waals surface area (Å²) in [5.41, 5.74) is 5.09. The summed E-state index contributed by atoms with van der Waals surface area (Å²) in [5, 5.41) is 7.37. The van der Waals surface area contributed by atoms with E-state index in [1.165, 1.54) is 0 Å². The van der Waals surface area contributed by atoms with E-state index in [9.17, 15) is 9.59 Å². The summed E-state index contributed by atoms with van der Waals surface area (Å²) in [6.07, 6.45) is 2.35. The molecular weight excluding hydrogens is 438 g/mol. The predicted molar refractivity (Wildman–Crippen MR) is 128 cm³/mol. The molecule has 6 nitrogen and oxygen atoms in total. The SMILES string of the molecule is Cc1cc(Cl)ccc1C(=O)Nc1ccc(C(=O)N2CCc3cnoc3-c3ccccc32)cc1. The number of aryl methyl sites for hydroxylation is 1. The maximum absolute atomic E-state index is 13.4. The van der Waals surface area contributed by atoms with Gasteiger partial charge in [0.25, 0.3) is 11.8 Å². The quantitative estimate of drug-likeness (QED) is 0.424. The van der Waals surface area contributed by atoms with Crippen LogP contribution in [0.4, 0.5) is 11.4 Å². The Morgan fingerprint density at radius 3 is 2.64 bits per heavy atom. The predicted octanol–water partition coefficient (Wildman–Crippen LogP) is 5.76. The van der Waals surface area contributed by atoms with Crippen molar-refractivity contribution in [3.05, 3.63) is 100 Å². The molecule has 0 atom stereocenters. The number of benzene rings is 3. The second-order valence-electron chi connectivity index (χ2n) is 7.89. The van der Waals surface area contributed by atoms with Crippen LogP contribution in [-0.2, 0) is 6.42 Å². The number of carbonyl (C=O) groups is 2. The van der Waals surface area contributed by atoms with Crippen molar-refractivity contribution < 1.29 is 14.1 Å². The van der Waals surface area contributed by atoms with E-state index in [1.54, 1.807) is 53.6 Å². The molecule has 1 N–H and O–H groups in total. The van der Waals surface area contributed by atoms with Crippen LogP contribution < -0.4 is 10.2 Å². The second-order valence-corrected chi connectivity index (χ2v) is 8.33. The molecule has 4 aromatic rings. The van der Waals surface area contributed by atoms with E-state index in [0.29, 0.717) is 40.6 Å². The molecule has 1 aromatic heterocycles. The van der Waals surface area contributed by atoms with Crippen LogP contribution in [0.15, 0.2) is 77.4 Å². The summed E-state index contributed by atoms with van der Waals surface area (Å²) in [5.74, 6) is 0.357. The molecule has 5 rings (SSSR count). The van der Waals surface area contributed by atoms with Crippen LogP contribution in [-0.4, -0.2) is 23.5 Å². The molecular formula is C26H20ClN3O3. The fraction of sp³-hybridized carbons (Fsp3) is 0.115. The Labute approximate surface area is 195 Å². The van der Waals surface area contributed by atoms with Crippen molar-refractivity contribution in [3.8, 4) is 11.3 Å². The normalized spacial score (nSPS) is 12.5. The highest BCUT2D eigenvalue weighted by atomic mass is 35.5. The van der Waals surface area contributed by atoms with Gasteiger partial charge >= 0.3 is 0 Å². The Bertz CT molecular complexity index is 1360. The fourth-order valence-corrected chi connectivity index (χ4v) is 4.28. The zero-order chi connectivity index (χ0) is 22.9. The number of amides is 2. The third-order valence-corrected chi connectivity index (χ3v) is 5.99. The van der Waals surface area contributed by atoms with E-state index < -0.39 is 0 Å². The number of nitrogens with zero attached hydrogens (tertiary/aromatic N) is 2. The van der Waals surface area contributed by atoms with Gasteiger partial charge in [0.15, 0.2) is 5.76 Å². The number of hydrogen-bond acceptors (Lipinski definition) is 4. The monoisotopic (exact) mass is 457 g/mol. The number of hydrogen-bond donors (Lipinski definition) is 1. The average molecular weight is 458 g/mol. The number of para-hydroxylation sites is 1. The minimum absolute atomic E-state index is 0.119. The number of halogens is 1. The van der Waals surface area contributed by atoms with Crippen LogP contribution in [0, 0.1) is 6.92 Å². The fourth-order valence-electron chi connectivity index (χ4n) is 4.06. The number of fused-ring (bicyclic) bond motifs is 3. The molecule has 0 spiro atoms. The lowest BCUT2D eigenvalue weighted by Gasteiger charge is -2.23. The smallest absolute Gasteiger partial charge is 0.258 e. The number of rotatable bonds is 3. The summed E-state index contributed by atoms with van der Waals surface area (Å²) in [7, 11) is 0. The Morgan fingerprint density at radius 1 is 1.06 bits per heavy atom. The van der Waals surface area contributed by atoms with E-state index in [2.05, 4.69) is 10.5 Å². The van der Waals surface area contributed by atoms with Crippen LogP contribution in [0.2, 0.25) is 5.02 Å². The summed E-state index contributed by atoms with van der Waals surface area (Å²) in [4.78, 5) is 27.8. The molecule has 7 heteroatoms. The highest BCUT2D eigenvalue weighted by molar-refractivity contribution is 6.30. The van der Waals surface area contributed by atoms with Crippen LogP contribution in [0.3, 0.4) is 0 Å². The third kappa shape index (κ3) is 4.01. The molecule has 1 aliphatic rings. The first-order valence-electron chi connectivity index (χ1n) is 10.5. The minimum Gasteiger partial charge on any atom is -0.356 e. The van der Waals surface area contributed by atoms with E-state index in [0.717, 1.165) is 22.4 Å². The van der Waals surface area contributed by atoms with Gasteiger partial charge in [0.1, 0.15) is 0 Å². The molecule has 0 fully saturated rings. The first-order chi connectivity index (χ1) is 16.0. The Balaban J connectivity index is 1.37. The first kappa shape index (κ1) is 21.0. The zero-order valence-electron chi connectivity index (χ0n) is 17.8. The van der Waals surface area contributed by atoms with E-state index in [4.69, 9.17) is 16.1 Å². The first-order valence-corrected chi connectivity index (χ1v) is 10.9. The van der Waals surface area contributed by atoms with Crippen LogP contribution in [0.5, 0.6) is 0 Å². The van der Waals surface area contributed by atoms with Crippen molar-refractivity contribution in [2.24, 2.45) is 0 Å². The second kappa shape index (κ2) is 8.56. The van der Waals surface area contributed by atoms with Crippen LogP contribution in [0.1, 0.15) is 31.8 Å². The molecule has 164 valence electrons. The molecule has 0 saturated heterocycles. The lowest BCUT2D eigenvalue weighted by molar-refractivity contribution is 0.0986. The Morgan fingerprint density at radius 2 is 1.85 bits per heavy atom. The number of anilines is 2.